The molecule has 0 spiro atoms. The van der Waals surface area contributed by atoms with E-state index >= 15 is 0 Å². The van der Waals surface area contributed by atoms with Gasteiger partial charge in [0, 0.05) is 24.8 Å². The molecular formula is C12H15N3O4. The van der Waals surface area contributed by atoms with Crippen molar-refractivity contribution in [3.05, 3.63) is 29.6 Å². The SMILES string of the molecule is NCc1cc(C(=O)N2CCOCC2C(=O)O)ccn1. The van der Waals surface area contributed by atoms with Crippen LogP contribution in [-0.4, -0.2) is 52.7 Å². The quantitative estimate of drug-likeness (QED) is 0.760. The van der Waals surface area contributed by atoms with Gasteiger partial charge in [-0.05, 0) is 12.1 Å². The molecule has 19 heavy (non-hydrogen) atoms. The maximum atomic E-state index is 12.3. The van der Waals surface area contributed by atoms with E-state index in [9.17, 15) is 9.59 Å². The number of hydrogen-bond acceptors (Lipinski definition) is 5. The van der Waals surface area contributed by atoms with Crippen molar-refractivity contribution in [1.29, 1.82) is 0 Å². The highest BCUT2D eigenvalue weighted by atomic mass is 16.5. The number of nitrogens with two attached hydrogens (primary N) is 1. The van der Waals surface area contributed by atoms with Crippen molar-refractivity contribution in [1.82, 2.24) is 9.88 Å². The van der Waals surface area contributed by atoms with Gasteiger partial charge in [-0.1, -0.05) is 0 Å². The van der Waals surface area contributed by atoms with Gasteiger partial charge in [0.15, 0.2) is 6.04 Å². The molecule has 102 valence electrons. The summed E-state index contributed by atoms with van der Waals surface area (Å²) < 4.78 is 5.10. The standard InChI is InChI=1S/C12H15N3O4/c13-6-9-5-8(1-2-14-9)11(16)15-3-4-19-7-10(15)12(17)18/h1-2,5,10H,3-4,6-7,13H2,(H,17,18). The van der Waals surface area contributed by atoms with Crippen LogP contribution in [0.5, 0.6) is 0 Å². The third-order valence-corrected chi connectivity index (χ3v) is 2.95. The maximum absolute atomic E-state index is 12.3. The Kier molecular flexibility index (Phi) is 4.08. The fraction of sp³-hybridized carbons (Fsp3) is 0.417. The normalized spacial score (nSPS) is 19.2. The Hall–Kier alpha value is -1.99. The Labute approximate surface area is 110 Å². The third kappa shape index (κ3) is 2.88. The Bertz CT molecular complexity index is 492. The number of ether oxygens (including phenoxy) is 1. The van der Waals surface area contributed by atoms with Crippen molar-refractivity contribution in [3.8, 4) is 0 Å². The lowest BCUT2D eigenvalue weighted by Crippen LogP contribution is -2.52. The van der Waals surface area contributed by atoms with Gasteiger partial charge < -0.3 is 20.5 Å². The van der Waals surface area contributed by atoms with Crippen molar-refractivity contribution in [2.75, 3.05) is 19.8 Å². The number of carboxylic acid groups (broad SMARTS) is 1. The minimum absolute atomic E-state index is 0.00982. The largest absolute Gasteiger partial charge is 0.480 e. The van der Waals surface area contributed by atoms with E-state index in [-0.39, 0.29) is 25.6 Å². The molecule has 1 aromatic heterocycles. The average Bonchev–Trinajstić information content (AvgIpc) is 2.46. The van der Waals surface area contributed by atoms with Gasteiger partial charge >= 0.3 is 5.97 Å². The molecule has 1 aliphatic rings. The number of morpholine rings is 1. The summed E-state index contributed by atoms with van der Waals surface area (Å²) in [5.41, 5.74) is 6.45. The fourth-order valence-electron chi connectivity index (χ4n) is 1.94. The van der Waals surface area contributed by atoms with Gasteiger partial charge in [-0.15, -0.1) is 0 Å². The first-order valence-electron chi connectivity index (χ1n) is 5.90. The topological polar surface area (TPSA) is 106 Å². The summed E-state index contributed by atoms with van der Waals surface area (Å²) in [4.78, 5) is 28.7. The third-order valence-electron chi connectivity index (χ3n) is 2.95. The number of pyridine rings is 1. The molecule has 3 N–H and O–H groups in total. The lowest BCUT2D eigenvalue weighted by molar-refractivity contribution is -0.147. The van der Waals surface area contributed by atoms with Crippen molar-refractivity contribution in [2.24, 2.45) is 5.73 Å². The fourth-order valence-corrected chi connectivity index (χ4v) is 1.94. The van der Waals surface area contributed by atoms with Crippen molar-refractivity contribution in [2.45, 2.75) is 12.6 Å². The molecule has 0 radical (unpaired) electrons. The maximum Gasteiger partial charge on any atom is 0.328 e. The van der Waals surface area contributed by atoms with E-state index in [1.807, 2.05) is 0 Å². The van der Waals surface area contributed by atoms with E-state index in [4.69, 9.17) is 15.6 Å². The highest BCUT2D eigenvalue weighted by Crippen LogP contribution is 2.13. The summed E-state index contributed by atoms with van der Waals surface area (Å²) in [7, 11) is 0. The van der Waals surface area contributed by atoms with E-state index in [0.29, 0.717) is 17.9 Å². The highest BCUT2D eigenvalue weighted by molar-refractivity contribution is 5.96. The van der Waals surface area contributed by atoms with Gasteiger partial charge in [0.1, 0.15) is 0 Å². The van der Waals surface area contributed by atoms with Gasteiger partial charge in [-0.3, -0.25) is 9.78 Å². The van der Waals surface area contributed by atoms with E-state index in [0.717, 1.165) is 0 Å². The molecule has 1 aliphatic heterocycles. The van der Waals surface area contributed by atoms with Gasteiger partial charge in [-0.2, -0.15) is 0 Å². The number of amides is 1. The zero-order chi connectivity index (χ0) is 13.8. The van der Waals surface area contributed by atoms with Crippen LogP contribution in [0.2, 0.25) is 0 Å². The molecule has 0 aromatic carbocycles. The van der Waals surface area contributed by atoms with Crippen LogP contribution in [0.4, 0.5) is 0 Å². The van der Waals surface area contributed by atoms with Crippen LogP contribution in [0.1, 0.15) is 16.1 Å². The number of rotatable bonds is 3. The second-order valence-electron chi connectivity index (χ2n) is 4.17. The van der Waals surface area contributed by atoms with Crippen LogP contribution in [0, 0.1) is 0 Å². The van der Waals surface area contributed by atoms with Crippen LogP contribution in [0.15, 0.2) is 18.3 Å². The second kappa shape index (κ2) is 5.77. The van der Waals surface area contributed by atoms with E-state index in [1.165, 1.54) is 11.1 Å². The Morgan fingerprint density at radius 3 is 3.05 bits per heavy atom. The summed E-state index contributed by atoms with van der Waals surface area (Å²) >= 11 is 0. The zero-order valence-corrected chi connectivity index (χ0v) is 10.3. The number of carbonyl (C=O) groups is 2. The Morgan fingerprint density at radius 2 is 2.37 bits per heavy atom. The first-order chi connectivity index (χ1) is 9.13. The summed E-state index contributed by atoms with van der Waals surface area (Å²) in [6.07, 6.45) is 1.49. The first-order valence-corrected chi connectivity index (χ1v) is 5.90. The number of aliphatic carboxylic acids is 1. The number of carboxylic acids is 1. The smallest absolute Gasteiger partial charge is 0.328 e. The second-order valence-corrected chi connectivity index (χ2v) is 4.17. The van der Waals surface area contributed by atoms with Crippen LogP contribution in [-0.2, 0) is 16.1 Å². The molecule has 1 unspecified atom stereocenters. The molecule has 1 aromatic rings. The Morgan fingerprint density at radius 1 is 1.58 bits per heavy atom. The molecule has 7 heteroatoms. The number of carbonyl (C=O) groups excluding carboxylic acids is 1. The van der Waals surface area contributed by atoms with Gasteiger partial charge in [-0.25, -0.2) is 4.79 Å². The Balaban J connectivity index is 2.23. The molecule has 1 amide bonds. The van der Waals surface area contributed by atoms with E-state index in [1.54, 1.807) is 12.1 Å². The molecule has 1 atom stereocenters. The number of hydrogen-bond donors (Lipinski definition) is 2. The monoisotopic (exact) mass is 265 g/mol. The minimum atomic E-state index is -1.07. The predicted octanol–water partition coefficient (Wildman–Crippen LogP) is -0.534. The van der Waals surface area contributed by atoms with Crippen molar-refractivity contribution in [3.63, 3.8) is 0 Å². The summed E-state index contributed by atoms with van der Waals surface area (Å²) in [6.45, 7) is 0.836. The number of aromatic nitrogens is 1. The van der Waals surface area contributed by atoms with E-state index < -0.39 is 12.0 Å². The molecule has 1 saturated heterocycles. The molecular weight excluding hydrogens is 250 g/mol. The van der Waals surface area contributed by atoms with Crippen LogP contribution >= 0.6 is 0 Å². The molecule has 0 bridgehead atoms. The molecule has 0 aliphatic carbocycles. The van der Waals surface area contributed by atoms with Gasteiger partial charge in [0.2, 0.25) is 0 Å². The lowest BCUT2D eigenvalue weighted by Gasteiger charge is -2.32. The zero-order valence-electron chi connectivity index (χ0n) is 10.3. The van der Waals surface area contributed by atoms with E-state index in [2.05, 4.69) is 4.98 Å². The summed E-state index contributed by atoms with van der Waals surface area (Å²) in [5, 5.41) is 9.10. The lowest BCUT2D eigenvalue weighted by atomic mass is 10.1. The van der Waals surface area contributed by atoms with Gasteiger partial charge in [0.05, 0.1) is 18.9 Å². The van der Waals surface area contributed by atoms with Crippen molar-refractivity contribution >= 4 is 11.9 Å². The molecule has 2 rings (SSSR count). The minimum Gasteiger partial charge on any atom is -0.480 e. The molecule has 2 heterocycles. The molecule has 0 saturated carbocycles. The van der Waals surface area contributed by atoms with Crippen LogP contribution in [0.3, 0.4) is 0 Å². The first kappa shape index (κ1) is 13.4. The van der Waals surface area contributed by atoms with Crippen LogP contribution < -0.4 is 5.73 Å². The highest BCUT2D eigenvalue weighted by Gasteiger charge is 2.33. The summed E-state index contributed by atoms with van der Waals surface area (Å²) in [5.74, 6) is -1.41. The van der Waals surface area contributed by atoms with Crippen molar-refractivity contribution < 1.29 is 19.4 Å². The van der Waals surface area contributed by atoms with Crippen LogP contribution in [0.25, 0.3) is 0 Å². The average molecular weight is 265 g/mol. The number of nitrogens with zero attached hydrogens (tertiary/aromatic N) is 2. The van der Waals surface area contributed by atoms with Gasteiger partial charge in [0.25, 0.3) is 5.91 Å². The predicted molar refractivity (Wildman–Crippen MR) is 65.4 cm³/mol. The molecule has 1 fully saturated rings. The summed E-state index contributed by atoms with van der Waals surface area (Å²) in [6, 6.07) is 2.18. The molecule has 7 nitrogen and oxygen atoms in total.